The quantitative estimate of drug-likeness (QED) is 0.820. The monoisotopic (exact) mass is 311 g/mol. The molecule has 98 valence electrons. The van der Waals surface area contributed by atoms with Crippen LogP contribution in [0.25, 0.3) is 0 Å². The molecule has 2 rings (SSSR count). The van der Waals surface area contributed by atoms with Crippen LogP contribution in [0.1, 0.15) is 23.2 Å². The van der Waals surface area contributed by atoms with E-state index in [2.05, 4.69) is 33.2 Å². The fourth-order valence-corrected chi connectivity index (χ4v) is 2.56. The van der Waals surface area contributed by atoms with Crippen molar-refractivity contribution in [2.45, 2.75) is 18.9 Å². The van der Waals surface area contributed by atoms with Crippen LogP contribution in [-0.2, 0) is 0 Å². The van der Waals surface area contributed by atoms with Crippen LogP contribution < -0.4 is 11.1 Å². The molecular formula is C13H18BrN3O. The second-order valence-electron chi connectivity index (χ2n) is 4.79. The molecule has 0 spiro atoms. The highest BCUT2D eigenvalue weighted by Crippen LogP contribution is 2.20. The third kappa shape index (κ3) is 3.23. The van der Waals surface area contributed by atoms with E-state index < -0.39 is 0 Å². The van der Waals surface area contributed by atoms with E-state index in [0.29, 0.717) is 11.3 Å². The maximum Gasteiger partial charge on any atom is 0.252 e. The Hall–Kier alpha value is -1.07. The Morgan fingerprint density at radius 1 is 1.44 bits per heavy atom. The maximum absolute atomic E-state index is 12.2. The molecule has 4 nitrogen and oxygen atoms in total. The minimum Gasteiger partial charge on any atom is -0.399 e. The zero-order valence-electron chi connectivity index (χ0n) is 10.4. The van der Waals surface area contributed by atoms with Gasteiger partial charge in [-0.2, -0.15) is 0 Å². The van der Waals surface area contributed by atoms with Gasteiger partial charge in [-0.05, 0) is 67.1 Å². The van der Waals surface area contributed by atoms with Crippen molar-refractivity contribution >= 4 is 27.5 Å². The first kappa shape index (κ1) is 13.4. The topological polar surface area (TPSA) is 58.4 Å². The SMILES string of the molecule is CN1CCC(NC(=O)c2cc(N)ccc2Br)CC1. The summed E-state index contributed by atoms with van der Waals surface area (Å²) < 4.78 is 0.780. The van der Waals surface area contributed by atoms with Crippen molar-refractivity contribution in [2.24, 2.45) is 0 Å². The van der Waals surface area contributed by atoms with Crippen molar-refractivity contribution in [1.29, 1.82) is 0 Å². The van der Waals surface area contributed by atoms with Crippen molar-refractivity contribution in [3.63, 3.8) is 0 Å². The Balaban J connectivity index is 2.01. The molecule has 3 N–H and O–H groups in total. The average molecular weight is 312 g/mol. The fraction of sp³-hybridized carbons (Fsp3) is 0.462. The van der Waals surface area contributed by atoms with Crippen LogP contribution >= 0.6 is 15.9 Å². The zero-order chi connectivity index (χ0) is 13.1. The minimum absolute atomic E-state index is 0.0521. The highest BCUT2D eigenvalue weighted by Gasteiger charge is 2.20. The van der Waals surface area contributed by atoms with Gasteiger partial charge in [-0.3, -0.25) is 4.79 Å². The number of anilines is 1. The van der Waals surface area contributed by atoms with Crippen LogP contribution in [0, 0.1) is 0 Å². The molecule has 0 saturated carbocycles. The number of nitrogens with two attached hydrogens (primary N) is 1. The fourth-order valence-electron chi connectivity index (χ4n) is 2.13. The molecule has 1 aromatic rings. The average Bonchev–Trinajstić information content (AvgIpc) is 2.35. The predicted molar refractivity (Wildman–Crippen MR) is 76.5 cm³/mol. The van der Waals surface area contributed by atoms with E-state index in [1.54, 1.807) is 18.2 Å². The second kappa shape index (κ2) is 5.71. The van der Waals surface area contributed by atoms with E-state index in [1.165, 1.54) is 0 Å². The number of nitrogens with zero attached hydrogens (tertiary/aromatic N) is 1. The Kier molecular flexibility index (Phi) is 4.24. The number of piperidine rings is 1. The molecule has 0 unspecified atom stereocenters. The highest BCUT2D eigenvalue weighted by atomic mass is 79.9. The normalized spacial score (nSPS) is 17.7. The van der Waals surface area contributed by atoms with Gasteiger partial charge in [0.15, 0.2) is 0 Å². The molecule has 0 bridgehead atoms. The molecule has 0 aliphatic carbocycles. The number of carbonyl (C=O) groups is 1. The van der Waals surface area contributed by atoms with Crippen molar-refractivity contribution < 1.29 is 4.79 Å². The van der Waals surface area contributed by atoms with Crippen LogP contribution in [-0.4, -0.2) is 37.0 Å². The van der Waals surface area contributed by atoms with Gasteiger partial charge in [-0.25, -0.2) is 0 Å². The minimum atomic E-state index is -0.0521. The van der Waals surface area contributed by atoms with E-state index in [9.17, 15) is 4.79 Å². The number of nitrogen functional groups attached to an aromatic ring is 1. The summed E-state index contributed by atoms with van der Waals surface area (Å²) in [5.74, 6) is -0.0521. The summed E-state index contributed by atoms with van der Waals surface area (Å²) in [6.45, 7) is 2.06. The summed E-state index contributed by atoms with van der Waals surface area (Å²) in [6, 6.07) is 5.55. The lowest BCUT2D eigenvalue weighted by Crippen LogP contribution is -2.43. The molecule has 1 aliphatic heterocycles. The zero-order valence-corrected chi connectivity index (χ0v) is 12.0. The van der Waals surface area contributed by atoms with Crippen LogP contribution in [0.4, 0.5) is 5.69 Å². The summed E-state index contributed by atoms with van der Waals surface area (Å²) in [7, 11) is 2.10. The molecule has 18 heavy (non-hydrogen) atoms. The molecule has 1 saturated heterocycles. The van der Waals surface area contributed by atoms with Gasteiger partial charge in [-0.15, -0.1) is 0 Å². The number of benzene rings is 1. The number of amides is 1. The Morgan fingerprint density at radius 2 is 2.11 bits per heavy atom. The van der Waals surface area contributed by atoms with Crippen LogP contribution in [0.3, 0.4) is 0 Å². The van der Waals surface area contributed by atoms with Gasteiger partial charge in [0, 0.05) is 16.2 Å². The van der Waals surface area contributed by atoms with E-state index in [-0.39, 0.29) is 11.9 Å². The molecule has 5 heteroatoms. The summed E-state index contributed by atoms with van der Waals surface area (Å²) >= 11 is 3.38. The highest BCUT2D eigenvalue weighted by molar-refractivity contribution is 9.10. The molecule has 1 aliphatic rings. The largest absolute Gasteiger partial charge is 0.399 e. The standard InChI is InChI=1S/C13H18BrN3O/c1-17-6-4-10(5-7-17)16-13(18)11-8-9(15)2-3-12(11)14/h2-3,8,10H,4-7,15H2,1H3,(H,16,18). The van der Waals surface area contributed by atoms with Gasteiger partial charge < -0.3 is 16.0 Å². The summed E-state index contributed by atoms with van der Waals surface area (Å²) in [6.07, 6.45) is 2.00. The molecule has 1 amide bonds. The number of hydrogen-bond donors (Lipinski definition) is 2. The number of carbonyl (C=O) groups excluding carboxylic acids is 1. The molecule has 1 aromatic carbocycles. The van der Waals surface area contributed by atoms with Crippen LogP contribution in [0.2, 0.25) is 0 Å². The van der Waals surface area contributed by atoms with Gasteiger partial charge in [0.05, 0.1) is 5.56 Å². The Labute approximate surface area is 116 Å². The number of nitrogens with one attached hydrogen (secondary N) is 1. The predicted octanol–water partition coefficient (Wildman–Crippen LogP) is 1.86. The Morgan fingerprint density at radius 3 is 2.78 bits per heavy atom. The van der Waals surface area contributed by atoms with Crippen molar-refractivity contribution in [3.05, 3.63) is 28.2 Å². The maximum atomic E-state index is 12.2. The van der Waals surface area contributed by atoms with E-state index in [0.717, 1.165) is 30.4 Å². The molecule has 0 aromatic heterocycles. The first-order valence-corrected chi connectivity index (χ1v) is 6.90. The van der Waals surface area contributed by atoms with Crippen molar-refractivity contribution in [2.75, 3.05) is 25.9 Å². The smallest absolute Gasteiger partial charge is 0.252 e. The molecular weight excluding hydrogens is 294 g/mol. The first-order valence-electron chi connectivity index (χ1n) is 6.10. The van der Waals surface area contributed by atoms with Crippen LogP contribution in [0.15, 0.2) is 22.7 Å². The lowest BCUT2D eigenvalue weighted by Gasteiger charge is -2.29. The summed E-state index contributed by atoms with van der Waals surface area (Å²) in [4.78, 5) is 14.4. The number of hydrogen-bond acceptors (Lipinski definition) is 3. The third-order valence-electron chi connectivity index (χ3n) is 3.29. The Bertz CT molecular complexity index is 442. The summed E-state index contributed by atoms with van der Waals surface area (Å²) in [5, 5.41) is 3.07. The van der Waals surface area contributed by atoms with Gasteiger partial charge >= 0.3 is 0 Å². The lowest BCUT2D eigenvalue weighted by molar-refractivity contribution is 0.0916. The van der Waals surface area contributed by atoms with Gasteiger partial charge in [-0.1, -0.05) is 0 Å². The van der Waals surface area contributed by atoms with Gasteiger partial charge in [0.1, 0.15) is 0 Å². The summed E-state index contributed by atoms with van der Waals surface area (Å²) in [5.41, 5.74) is 6.92. The molecule has 1 fully saturated rings. The van der Waals surface area contributed by atoms with Crippen LogP contribution in [0.5, 0.6) is 0 Å². The first-order chi connectivity index (χ1) is 8.56. The molecule has 0 radical (unpaired) electrons. The van der Waals surface area contributed by atoms with E-state index in [1.807, 2.05) is 0 Å². The third-order valence-corrected chi connectivity index (χ3v) is 3.98. The van der Waals surface area contributed by atoms with Crippen molar-refractivity contribution in [3.8, 4) is 0 Å². The second-order valence-corrected chi connectivity index (χ2v) is 5.64. The van der Waals surface area contributed by atoms with Crippen molar-refractivity contribution in [1.82, 2.24) is 10.2 Å². The molecule has 0 atom stereocenters. The van der Waals surface area contributed by atoms with Gasteiger partial charge in [0.2, 0.25) is 0 Å². The van der Waals surface area contributed by atoms with E-state index >= 15 is 0 Å². The number of halogens is 1. The molecule has 1 heterocycles. The van der Waals surface area contributed by atoms with Gasteiger partial charge in [0.25, 0.3) is 5.91 Å². The number of likely N-dealkylation sites (tertiary alicyclic amines) is 1. The van der Waals surface area contributed by atoms with E-state index in [4.69, 9.17) is 5.73 Å². The number of rotatable bonds is 2. The lowest BCUT2D eigenvalue weighted by atomic mass is 10.0.